The van der Waals surface area contributed by atoms with Crippen LogP contribution in [0.5, 0.6) is 0 Å². The number of thiophene rings is 2. The molecule has 0 aromatic carbocycles. The van der Waals surface area contributed by atoms with Crippen molar-refractivity contribution in [1.82, 2.24) is 4.90 Å². The zero-order valence-corrected chi connectivity index (χ0v) is 15.1. The van der Waals surface area contributed by atoms with Gasteiger partial charge in [0.05, 0.1) is 9.75 Å². The minimum absolute atomic E-state index is 0.174. The lowest BCUT2D eigenvalue weighted by Crippen LogP contribution is -2.37. The third kappa shape index (κ3) is 5.29. The fourth-order valence-corrected chi connectivity index (χ4v) is 3.76. The number of amides is 2. The summed E-state index contributed by atoms with van der Waals surface area (Å²) in [5, 5.41) is 3.73. The third-order valence-electron chi connectivity index (χ3n) is 3.69. The molecular formula is C18H23NO2S2. The Hall–Kier alpha value is -1.46. The standard InChI is InChI=1S/C18H23NO2S2/c1-2-3-4-5-6-7-12-19(17(20)15-10-8-13-22-15)18(21)16-11-9-14-23-16/h8-11,13-14H,2-7,12H2,1H3. The van der Waals surface area contributed by atoms with E-state index in [-0.39, 0.29) is 11.8 Å². The molecule has 0 aliphatic rings. The highest BCUT2D eigenvalue weighted by atomic mass is 32.1. The molecule has 2 aromatic rings. The van der Waals surface area contributed by atoms with E-state index >= 15 is 0 Å². The zero-order valence-electron chi connectivity index (χ0n) is 13.5. The first-order valence-electron chi connectivity index (χ1n) is 8.17. The predicted octanol–water partition coefficient (Wildman–Crippen LogP) is 5.45. The van der Waals surface area contributed by atoms with Gasteiger partial charge in [0.25, 0.3) is 11.8 Å². The molecule has 0 N–H and O–H groups in total. The number of hydrogen-bond donors (Lipinski definition) is 0. The minimum atomic E-state index is -0.174. The van der Waals surface area contributed by atoms with E-state index in [1.807, 2.05) is 22.9 Å². The molecule has 0 unspecified atom stereocenters. The molecule has 2 rings (SSSR count). The smallest absolute Gasteiger partial charge is 0.270 e. The van der Waals surface area contributed by atoms with Crippen LogP contribution in [0.2, 0.25) is 0 Å². The van der Waals surface area contributed by atoms with Crippen LogP contribution in [-0.2, 0) is 0 Å². The zero-order chi connectivity index (χ0) is 16.5. The second kappa shape index (κ2) is 9.63. The Bertz CT molecular complexity index is 544. The Labute approximate surface area is 146 Å². The predicted molar refractivity (Wildman–Crippen MR) is 97.4 cm³/mol. The lowest BCUT2D eigenvalue weighted by atomic mass is 10.1. The van der Waals surface area contributed by atoms with Crippen molar-refractivity contribution in [3.05, 3.63) is 44.8 Å². The summed E-state index contributed by atoms with van der Waals surface area (Å²) in [4.78, 5) is 27.9. The monoisotopic (exact) mass is 349 g/mol. The quantitative estimate of drug-likeness (QED) is 0.446. The van der Waals surface area contributed by atoms with Crippen molar-refractivity contribution in [3.8, 4) is 0 Å². The molecule has 2 aromatic heterocycles. The highest BCUT2D eigenvalue weighted by Crippen LogP contribution is 2.18. The largest absolute Gasteiger partial charge is 0.273 e. The fraction of sp³-hybridized carbons (Fsp3) is 0.444. The number of nitrogens with zero attached hydrogens (tertiary/aromatic N) is 1. The lowest BCUT2D eigenvalue weighted by molar-refractivity contribution is 0.0619. The minimum Gasteiger partial charge on any atom is -0.273 e. The second-order valence-electron chi connectivity index (χ2n) is 5.48. The Morgan fingerprint density at radius 2 is 1.39 bits per heavy atom. The van der Waals surface area contributed by atoms with Gasteiger partial charge in [0.2, 0.25) is 0 Å². The molecule has 23 heavy (non-hydrogen) atoms. The molecule has 0 spiro atoms. The van der Waals surface area contributed by atoms with Crippen LogP contribution in [0, 0.1) is 0 Å². The average molecular weight is 350 g/mol. The Morgan fingerprint density at radius 3 is 1.87 bits per heavy atom. The van der Waals surface area contributed by atoms with Crippen LogP contribution >= 0.6 is 22.7 Å². The summed E-state index contributed by atoms with van der Waals surface area (Å²) in [7, 11) is 0. The summed E-state index contributed by atoms with van der Waals surface area (Å²) in [6.07, 6.45) is 6.81. The summed E-state index contributed by atoms with van der Waals surface area (Å²) in [5.74, 6) is -0.348. The maximum Gasteiger partial charge on any atom is 0.270 e. The lowest BCUT2D eigenvalue weighted by Gasteiger charge is -2.19. The molecule has 0 aliphatic heterocycles. The van der Waals surface area contributed by atoms with E-state index < -0.39 is 0 Å². The van der Waals surface area contributed by atoms with Crippen molar-refractivity contribution in [2.24, 2.45) is 0 Å². The second-order valence-corrected chi connectivity index (χ2v) is 7.38. The van der Waals surface area contributed by atoms with E-state index in [0.29, 0.717) is 16.3 Å². The maximum absolute atomic E-state index is 12.6. The van der Waals surface area contributed by atoms with Crippen molar-refractivity contribution in [2.45, 2.75) is 45.4 Å². The van der Waals surface area contributed by atoms with Gasteiger partial charge >= 0.3 is 0 Å². The Balaban J connectivity index is 1.97. The van der Waals surface area contributed by atoms with Gasteiger partial charge in [0.15, 0.2) is 0 Å². The van der Waals surface area contributed by atoms with Crippen molar-refractivity contribution < 1.29 is 9.59 Å². The van der Waals surface area contributed by atoms with E-state index in [1.165, 1.54) is 53.3 Å². The first-order chi connectivity index (χ1) is 11.2. The SMILES string of the molecule is CCCCCCCCN(C(=O)c1cccs1)C(=O)c1cccs1. The maximum atomic E-state index is 12.6. The molecule has 0 aliphatic carbocycles. The van der Waals surface area contributed by atoms with Crippen LogP contribution in [-0.4, -0.2) is 23.3 Å². The highest BCUT2D eigenvalue weighted by Gasteiger charge is 2.24. The van der Waals surface area contributed by atoms with Crippen LogP contribution in [0.25, 0.3) is 0 Å². The molecule has 0 atom stereocenters. The van der Waals surface area contributed by atoms with Crippen LogP contribution < -0.4 is 0 Å². The molecular weight excluding hydrogens is 326 g/mol. The van der Waals surface area contributed by atoms with Crippen molar-refractivity contribution >= 4 is 34.5 Å². The van der Waals surface area contributed by atoms with Crippen molar-refractivity contribution in [3.63, 3.8) is 0 Å². The van der Waals surface area contributed by atoms with Gasteiger partial charge in [-0.05, 0) is 29.3 Å². The van der Waals surface area contributed by atoms with Gasteiger partial charge < -0.3 is 0 Å². The third-order valence-corrected chi connectivity index (χ3v) is 5.41. The van der Waals surface area contributed by atoms with Gasteiger partial charge in [0.1, 0.15) is 0 Å². The molecule has 3 nitrogen and oxygen atoms in total. The molecule has 5 heteroatoms. The molecule has 0 saturated carbocycles. The number of unbranched alkanes of at least 4 members (excludes halogenated alkanes) is 5. The van der Waals surface area contributed by atoms with Crippen LogP contribution in [0.3, 0.4) is 0 Å². The molecule has 0 bridgehead atoms. The van der Waals surface area contributed by atoms with Crippen LogP contribution in [0.4, 0.5) is 0 Å². The van der Waals surface area contributed by atoms with E-state index in [0.717, 1.165) is 12.8 Å². The Morgan fingerprint density at radius 1 is 0.870 bits per heavy atom. The number of rotatable bonds is 9. The van der Waals surface area contributed by atoms with Gasteiger partial charge in [-0.2, -0.15) is 0 Å². The van der Waals surface area contributed by atoms with Gasteiger partial charge in [-0.1, -0.05) is 51.2 Å². The first kappa shape index (κ1) is 17.9. The first-order valence-corrected chi connectivity index (χ1v) is 9.93. The number of imide groups is 1. The fourth-order valence-electron chi connectivity index (χ4n) is 2.41. The van der Waals surface area contributed by atoms with E-state index in [2.05, 4.69) is 6.92 Å². The highest BCUT2D eigenvalue weighted by molar-refractivity contribution is 7.12. The van der Waals surface area contributed by atoms with E-state index in [1.54, 1.807) is 12.1 Å². The van der Waals surface area contributed by atoms with Crippen LogP contribution in [0.15, 0.2) is 35.0 Å². The van der Waals surface area contributed by atoms with Crippen molar-refractivity contribution in [2.75, 3.05) is 6.54 Å². The molecule has 0 radical (unpaired) electrons. The van der Waals surface area contributed by atoms with Gasteiger partial charge in [0, 0.05) is 6.54 Å². The molecule has 2 heterocycles. The summed E-state index contributed by atoms with van der Waals surface area (Å²) in [6.45, 7) is 2.70. The number of carbonyl (C=O) groups is 2. The van der Waals surface area contributed by atoms with E-state index in [4.69, 9.17) is 0 Å². The topological polar surface area (TPSA) is 37.4 Å². The Kier molecular flexibility index (Phi) is 7.49. The van der Waals surface area contributed by atoms with E-state index in [9.17, 15) is 9.59 Å². The molecule has 0 fully saturated rings. The van der Waals surface area contributed by atoms with Gasteiger partial charge in [-0.3, -0.25) is 14.5 Å². The molecule has 124 valence electrons. The van der Waals surface area contributed by atoms with Crippen LogP contribution in [0.1, 0.15) is 64.8 Å². The van der Waals surface area contributed by atoms with Gasteiger partial charge in [-0.15, -0.1) is 22.7 Å². The summed E-state index contributed by atoms with van der Waals surface area (Å²) in [6, 6.07) is 7.25. The number of hydrogen-bond acceptors (Lipinski definition) is 4. The molecule has 0 saturated heterocycles. The average Bonchev–Trinajstić information content (AvgIpc) is 3.26. The summed E-state index contributed by atoms with van der Waals surface area (Å²) in [5.41, 5.74) is 0. The molecule has 2 amide bonds. The summed E-state index contributed by atoms with van der Waals surface area (Å²) >= 11 is 2.77. The van der Waals surface area contributed by atoms with Gasteiger partial charge in [-0.25, -0.2) is 0 Å². The van der Waals surface area contributed by atoms with Crippen molar-refractivity contribution in [1.29, 1.82) is 0 Å². The summed E-state index contributed by atoms with van der Waals surface area (Å²) < 4.78 is 0. The number of carbonyl (C=O) groups excluding carboxylic acids is 2. The normalized spacial score (nSPS) is 10.7.